The molecule has 0 heterocycles. The third kappa shape index (κ3) is 3.17. The summed E-state index contributed by atoms with van der Waals surface area (Å²) in [5.41, 5.74) is -0.389. The molecule has 0 aliphatic carbocycles. The lowest BCUT2D eigenvalue weighted by molar-refractivity contribution is -0.385. The van der Waals surface area contributed by atoms with Crippen molar-refractivity contribution in [3.8, 4) is 5.75 Å². The molecule has 6 nitrogen and oxygen atoms in total. The molecule has 0 unspecified atom stereocenters. The van der Waals surface area contributed by atoms with Gasteiger partial charge in [0.2, 0.25) is 0 Å². The van der Waals surface area contributed by atoms with Gasteiger partial charge in [0.1, 0.15) is 10.6 Å². The van der Waals surface area contributed by atoms with Gasteiger partial charge in [-0.3, -0.25) is 10.1 Å². The van der Waals surface area contributed by atoms with Gasteiger partial charge in [-0.15, -0.1) is 0 Å². The molecule has 0 N–H and O–H groups in total. The van der Waals surface area contributed by atoms with Gasteiger partial charge in [-0.2, -0.15) is 8.42 Å². The number of nitro benzene ring substituents is 1. The summed E-state index contributed by atoms with van der Waals surface area (Å²) in [6.45, 7) is 0. The number of nitro groups is 1. The molecule has 0 saturated carbocycles. The van der Waals surface area contributed by atoms with Crippen LogP contribution in [0.25, 0.3) is 10.8 Å². The van der Waals surface area contributed by atoms with Crippen molar-refractivity contribution in [3.05, 3.63) is 75.8 Å². The summed E-state index contributed by atoms with van der Waals surface area (Å²) in [7, 11) is -4.31. The number of nitrogens with zero attached hydrogens (tertiary/aromatic N) is 1. The van der Waals surface area contributed by atoms with Crippen molar-refractivity contribution in [1.82, 2.24) is 0 Å². The molecule has 8 heteroatoms. The Balaban J connectivity index is 2.01. The van der Waals surface area contributed by atoms with Gasteiger partial charge in [-0.1, -0.05) is 41.9 Å². The van der Waals surface area contributed by atoms with E-state index in [9.17, 15) is 18.5 Å². The van der Waals surface area contributed by atoms with Gasteiger partial charge in [-0.25, -0.2) is 0 Å². The Morgan fingerprint density at radius 1 is 0.958 bits per heavy atom. The highest BCUT2D eigenvalue weighted by atomic mass is 35.5. The van der Waals surface area contributed by atoms with E-state index in [0.717, 1.165) is 29.0 Å². The summed E-state index contributed by atoms with van der Waals surface area (Å²) in [5, 5.41) is 12.4. The van der Waals surface area contributed by atoms with Crippen LogP contribution in [-0.4, -0.2) is 13.3 Å². The van der Waals surface area contributed by atoms with Crippen LogP contribution in [0.1, 0.15) is 0 Å². The second kappa shape index (κ2) is 6.10. The highest BCUT2D eigenvalue weighted by Crippen LogP contribution is 2.29. The summed E-state index contributed by atoms with van der Waals surface area (Å²) in [6.07, 6.45) is 0. The first-order valence-corrected chi connectivity index (χ1v) is 8.53. The normalized spacial score (nSPS) is 11.4. The predicted octanol–water partition coefficient (Wildman–Crippen LogP) is 4.17. The second-order valence-corrected chi connectivity index (χ2v) is 6.84. The molecular formula is C16H10ClNO5S. The van der Waals surface area contributed by atoms with E-state index in [0.29, 0.717) is 0 Å². The number of halogens is 1. The van der Waals surface area contributed by atoms with E-state index in [1.165, 1.54) is 6.07 Å². The molecular weight excluding hydrogens is 354 g/mol. The molecule has 0 fully saturated rings. The maximum atomic E-state index is 12.4. The van der Waals surface area contributed by atoms with E-state index in [1.54, 1.807) is 12.1 Å². The van der Waals surface area contributed by atoms with Crippen molar-refractivity contribution >= 4 is 38.2 Å². The first-order chi connectivity index (χ1) is 11.4. The van der Waals surface area contributed by atoms with Crippen molar-refractivity contribution in [3.63, 3.8) is 0 Å². The van der Waals surface area contributed by atoms with Gasteiger partial charge in [-0.05, 0) is 29.0 Å². The topological polar surface area (TPSA) is 86.5 Å². The van der Waals surface area contributed by atoms with Gasteiger partial charge >= 0.3 is 10.1 Å². The van der Waals surface area contributed by atoms with Crippen LogP contribution < -0.4 is 4.18 Å². The van der Waals surface area contributed by atoms with Gasteiger partial charge in [0.15, 0.2) is 0 Å². The molecule has 3 aromatic carbocycles. The van der Waals surface area contributed by atoms with E-state index < -0.39 is 19.9 Å². The van der Waals surface area contributed by atoms with Crippen molar-refractivity contribution < 1.29 is 17.5 Å². The van der Waals surface area contributed by atoms with Crippen molar-refractivity contribution in [1.29, 1.82) is 0 Å². The Kier molecular flexibility index (Phi) is 4.13. The molecule has 0 bridgehead atoms. The molecule has 0 saturated heterocycles. The molecule has 0 amide bonds. The fraction of sp³-hybridized carbons (Fsp3) is 0. The smallest absolute Gasteiger partial charge is 0.340 e. The Hall–Kier alpha value is -2.64. The third-order valence-corrected chi connectivity index (χ3v) is 5.05. The van der Waals surface area contributed by atoms with Crippen LogP contribution >= 0.6 is 11.6 Å². The van der Waals surface area contributed by atoms with Crippen LogP contribution in [0, 0.1) is 10.1 Å². The summed E-state index contributed by atoms with van der Waals surface area (Å²) in [5.74, 6) is 0.0938. The molecule has 0 aliphatic heterocycles. The quantitative estimate of drug-likeness (QED) is 0.394. The van der Waals surface area contributed by atoms with Crippen LogP contribution in [0.15, 0.2) is 65.6 Å². The maximum absolute atomic E-state index is 12.4. The van der Waals surface area contributed by atoms with E-state index in [-0.39, 0.29) is 16.5 Å². The molecule has 0 atom stereocenters. The minimum absolute atomic E-state index is 0.0938. The number of rotatable bonds is 4. The fourth-order valence-electron chi connectivity index (χ4n) is 2.19. The van der Waals surface area contributed by atoms with E-state index >= 15 is 0 Å². The van der Waals surface area contributed by atoms with Crippen LogP contribution in [0.4, 0.5) is 5.69 Å². The zero-order valence-corrected chi connectivity index (χ0v) is 13.6. The zero-order chi connectivity index (χ0) is 17.3. The van der Waals surface area contributed by atoms with Gasteiger partial charge < -0.3 is 4.18 Å². The Labute approximate surface area is 142 Å². The van der Waals surface area contributed by atoms with Crippen molar-refractivity contribution in [2.75, 3.05) is 0 Å². The predicted molar refractivity (Wildman–Crippen MR) is 89.9 cm³/mol. The summed E-state index contributed by atoms with van der Waals surface area (Å²) in [6, 6.07) is 15.3. The minimum atomic E-state index is -4.31. The molecule has 0 spiro atoms. The van der Waals surface area contributed by atoms with E-state index in [4.69, 9.17) is 15.8 Å². The lowest BCUT2D eigenvalue weighted by Crippen LogP contribution is -2.10. The van der Waals surface area contributed by atoms with Gasteiger partial charge in [0.25, 0.3) is 5.69 Å². The van der Waals surface area contributed by atoms with Crippen molar-refractivity contribution in [2.45, 2.75) is 4.90 Å². The number of hydrogen-bond acceptors (Lipinski definition) is 5. The van der Waals surface area contributed by atoms with Crippen LogP contribution in [0.2, 0.25) is 5.02 Å². The average Bonchev–Trinajstić information content (AvgIpc) is 2.54. The molecule has 24 heavy (non-hydrogen) atoms. The Morgan fingerprint density at radius 3 is 2.38 bits per heavy atom. The molecule has 0 aromatic heterocycles. The van der Waals surface area contributed by atoms with Crippen LogP contribution in [0.5, 0.6) is 5.75 Å². The third-order valence-electron chi connectivity index (χ3n) is 3.32. The SMILES string of the molecule is O=[N+]([O-])c1ccc(Cl)c(S(=O)(=O)Oc2ccc3ccccc3c2)c1. The first-order valence-electron chi connectivity index (χ1n) is 6.74. The molecule has 3 rings (SSSR count). The minimum Gasteiger partial charge on any atom is -0.379 e. The second-order valence-electron chi connectivity index (χ2n) is 4.92. The largest absolute Gasteiger partial charge is 0.379 e. The monoisotopic (exact) mass is 363 g/mol. The zero-order valence-electron chi connectivity index (χ0n) is 12.0. The number of fused-ring (bicyclic) bond motifs is 1. The van der Waals surface area contributed by atoms with Gasteiger partial charge in [0, 0.05) is 12.1 Å². The number of benzene rings is 3. The molecule has 0 aliphatic rings. The maximum Gasteiger partial charge on any atom is 0.340 e. The van der Waals surface area contributed by atoms with E-state index in [2.05, 4.69) is 0 Å². The lowest BCUT2D eigenvalue weighted by Gasteiger charge is -2.09. The summed E-state index contributed by atoms with van der Waals surface area (Å²) < 4.78 is 29.9. The number of non-ortho nitro benzene ring substituents is 1. The highest BCUT2D eigenvalue weighted by molar-refractivity contribution is 7.87. The standard InChI is InChI=1S/C16H10ClNO5S/c17-15-8-6-13(18(19)20)10-16(15)24(21,22)23-14-7-5-11-3-1-2-4-12(11)9-14/h1-10H. The van der Waals surface area contributed by atoms with E-state index in [1.807, 2.05) is 24.3 Å². The Bertz CT molecular complexity index is 1050. The number of hydrogen-bond donors (Lipinski definition) is 0. The fourth-order valence-corrected chi connectivity index (χ4v) is 3.61. The first kappa shape index (κ1) is 16.2. The van der Waals surface area contributed by atoms with Gasteiger partial charge in [0.05, 0.1) is 9.95 Å². The summed E-state index contributed by atoms with van der Waals surface area (Å²) in [4.78, 5) is 9.67. The average molecular weight is 364 g/mol. The Morgan fingerprint density at radius 2 is 1.67 bits per heavy atom. The molecule has 3 aromatic rings. The van der Waals surface area contributed by atoms with Crippen LogP contribution in [0.3, 0.4) is 0 Å². The molecule has 122 valence electrons. The molecule has 0 radical (unpaired) electrons. The van der Waals surface area contributed by atoms with Crippen molar-refractivity contribution in [2.24, 2.45) is 0 Å². The lowest BCUT2D eigenvalue weighted by atomic mass is 10.1. The summed E-state index contributed by atoms with van der Waals surface area (Å²) >= 11 is 5.86. The van der Waals surface area contributed by atoms with Crippen LogP contribution in [-0.2, 0) is 10.1 Å². The highest BCUT2D eigenvalue weighted by Gasteiger charge is 2.23.